The summed E-state index contributed by atoms with van der Waals surface area (Å²) in [6, 6.07) is 7.77. The third-order valence-electron chi connectivity index (χ3n) is 7.06. The predicted octanol–water partition coefficient (Wildman–Crippen LogP) is 3.56. The highest BCUT2D eigenvalue weighted by Gasteiger charge is 2.34. The minimum absolute atomic E-state index is 0.135. The smallest absolute Gasteiger partial charge is 0.313 e. The number of likely N-dealkylation sites (tertiary alicyclic amines) is 1. The van der Waals surface area contributed by atoms with Crippen LogP contribution in [0.5, 0.6) is 0 Å². The topological polar surface area (TPSA) is 124 Å². The van der Waals surface area contributed by atoms with Gasteiger partial charge in [0.2, 0.25) is 0 Å². The van der Waals surface area contributed by atoms with E-state index in [0.717, 1.165) is 40.1 Å². The monoisotopic (exact) mass is 522 g/mol. The maximum absolute atomic E-state index is 13.4. The Morgan fingerprint density at radius 2 is 2.11 bits per heavy atom. The number of fused-ring (bicyclic) bond motifs is 2. The first-order chi connectivity index (χ1) is 17.7. The van der Waals surface area contributed by atoms with Gasteiger partial charge in [0.15, 0.2) is 0 Å². The van der Waals surface area contributed by atoms with Gasteiger partial charge in [-0.3, -0.25) is 14.4 Å². The molecule has 1 aliphatic heterocycles. The Labute approximate surface area is 217 Å². The van der Waals surface area contributed by atoms with Gasteiger partial charge < -0.3 is 19.6 Å². The minimum Gasteiger partial charge on any atom is -0.358 e. The Bertz CT molecular complexity index is 1520. The van der Waals surface area contributed by atoms with Crippen molar-refractivity contribution in [2.75, 3.05) is 26.0 Å². The lowest BCUT2D eigenvalue weighted by atomic mass is 9.89. The second-order valence-corrected chi connectivity index (χ2v) is 11.2. The van der Waals surface area contributed by atoms with Crippen molar-refractivity contribution in [1.29, 1.82) is 0 Å². The number of carbonyl (C=O) groups excluding carboxylic acids is 2. The number of rotatable bonds is 5. The highest BCUT2D eigenvalue weighted by atomic mass is 32.1. The van der Waals surface area contributed by atoms with Crippen LogP contribution in [0.4, 0.5) is 5.69 Å². The molecule has 3 aromatic heterocycles. The Hall–Kier alpha value is -3.57. The number of hydrogen-bond donors (Lipinski definition) is 2. The number of thiazole rings is 1. The molecule has 4 aromatic rings. The molecule has 2 N–H and O–H groups in total. The van der Waals surface area contributed by atoms with Gasteiger partial charge in [0.05, 0.1) is 33.2 Å². The molecular weight excluding hydrogens is 492 g/mol. The van der Waals surface area contributed by atoms with E-state index in [9.17, 15) is 14.4 Å². The summed E-state index contributed by atoms with van der Waals surface area (Å²) in [6.45, 7) is 4.74. The molecule has 10 nitrogen and oxygen atoms in total. The lowest BCUT2D eigenvalue weighted by Gasteiger charge is -2.38. The molecule has 37 heavy (non-hydrogen) atoms. The zero-order valence-corrected chi connectivity index (χ0v) is 22.1. The van der Waals surface area contributed by atoms with E-state index in [0.29, 0.717) is 12.6 Å². The summed E-state index contributed by atoms with van der Waals surface area (Å²) in [6.07, 6.45) is 3.95. The van der Waals surface area contributed by atoms with Crippen LogP contribution < -0.4 is 10.9 Å². The van der Waals surface area contributed by atoms with Gasteiger partial charge in [-0.1, -0.05) is 13.0 Å². The van der Waals surface area contributed by atoms with Gasteiger partial charge in [-0.2, -0.15) is 5.16 Å². The predicted molar refractivity (Wildman–Crippen MR) is 143 cm³/mol. The number of nitrogens with zero attached hydrogens (tertiary/aromatic N) is 4. The number of H-pyrrole nitrogens is 1. The second kappa shape index (κ2) is 10.1. The summed E-state index contributed by atoms with van der Waals surface area (Å²) in [7, 11) is 4.13. The number of pyridine rings is 1. The molecule has 0 saturated carbocycles. The fourth-order valence-corrected chi connectivity index (χ4v) is 5.74. The Morgan fingerprint density at radius 3 is 2.89 bits per heavy atom. The van der Waals surface area contributed by atoms with Gasteiger partial charge in [0.1, 0.15) is 5.39 Å². The highest BCUT2D eigenvalue weighted by Crippen LogP contribution is 2.36. The summed E-state index contributed by atoms with van der Waals surface area (Å²) >= 11 is 1.69. The number of anilines is 1. The quantitative estimate of drug-likeness (QED) is 0.384. The van der Waals surface area contributed by atoms with Crippen molar-refractivity contribution in [2.45, 2.75) is 45.2 Å². The summed E-state index contributed by atoms with van der Waals surface area (Å²) in [5.74, 6) is -1.11. The van der Waals surface area contributed by atoms with Crippen LogP contribution in [0.1, 0.15) is 43.3 Å². The molecule has 0 aliphatic carbocycles. The zero-order valence-electron chi connectivity index (χ0n) is 21.3. The highest BCUT2D eigenvalue weighted by molar-refractivity contribution is 7.18. The molecule has 194 valence electrons. The molecule has 1 aromatic carbocycles. The van der Waals surface area contributed by atoms with Crippen molar-refractivity contribution < 1.29 is 14.1 Å². The molecule has 1 fully saturated rings. The second-order valence-electron chi connectivity index (χ2n) is 10.1. The van der Waals surface area contributed by atoms with E-state index < -0.39 is 17.4 Å². The summed E-state index contributed by atoms with van der Waals surface area (Å²) < 4.78 is 6.06. The molecule has 0 unspecified atom stereocenters. The fourth-order valence-electron chi connectivity index (χ4n) is 4.67. The van der Waals surface area contributed by atoms with Crippen LogP contribution in [0.2, 0.25) is 0 Å². The van der Waals surface area contributed by atoms with Crippen LogP contribution in [0.25, 0.3) is 21.3 Å². The number of hydrogen-bond acceptors (Lipinski definition) is 8. The number of nitrogens with one attached hydrogen (secondary N) is 2. The number of likely N-dealkylation sites (N-methyl/N-ethyl adjacent to an activating group) is 1. The molecule has 2 amide bonds. The van der Waals surface area contributed by atoms with Gasteiger partial charge in [-0.25, -0.2) is 9.97 Å². The standard InChI is InChI=1S/C26H30N6O4S/c1-14-5-7-20(16-6-8-21-19(10-16)29-22(37-21)9-15(2)31(3)4)32(13-14)26(35)24(34)28-17-11-18-23(33)30-36-25(18)27-12-17/h6,8,10-12,14-15,20H,5,7,9,13H2,1-4H3,(H,28,34)(H,30,33)/t14-,15-,20+/m0/s1. The first kappa shape index (κ1) is 25.1. The number of amides is 2. The van der Waals surface area contributed by atoms with Gasteiger partial charge in [-0.05, 0) is 63.5 Å². The summed E-state index contributed by atoms with van der Waals surface area (Å²) in [4.78, 5) is 50.9. The van der Waals surface area contributed by atoms with E-state index >= 15 is 0 Å². The Balaban J connectivity index is 1.37. The van der Waals surface area contributed by atoms with Crippen molar-refractivity contribution in [2.24, 2.45) is 5.92 Å². The van der Waals surface area contributed by atoms with E-state index in [1.165, 1.54) is 12.3 Å². The summed E-state index contributed by atoms with van der Waals surface area (Å²) in [5.41, 5.74) is 1.83. The van der Waals surface area contributed by atoms with Crippen molar-refractivity contribution >= 4 is 50.2 Å². The van der Waals surface area contributed by atoms with Crippen LogP contribution in [-0.2, 0) is 16.0 Å². The Morgan fingerprint density at radius 1 is 1.30 bits per heavy atom. The molecule has 0 bridgehead atoms. The van der Waals surface area contributed by atoms with Gasteiger partial charge in [0, 0.05) is 19.0 Å². The number of benzene rings is 1. The third-order valence-corrected chi connectivity index (χ3v) is 8.12. The van der Waals surface area contributed by atoms with Gasteiger partial charge >= 0.3 is 11.8 Å². The van der Waals surface area contributed by atoms with Crippen molar-refractivity contribution in [3.8, 4) is 0 Å². The lowest BCUT2D eigenvalue weighted by molar-refractivity contribution is -0.146. The summed E-state index contributed by atoms with van der Waals surface area (Å²) in [5, 5.41) is 6.08. The van der Waals surface area contributed by atoms with E-state index in [2.05, 4.69) is 60.4 Å². The molecule has 3 atom stereocenters. The van der Waals surface area contributed by atoms with Gasteiger partial charge in [0.25, 0.3) is 11.3 Å². The first-order valence-corrected chi connectivity index (χ1v) is 13.2. The van der Waals surface area contributed by atoms with Crippen LogP contribution >= 0.6 is 11.3 Å². The van der Waals surface area contributed by atoms with Crippen LogP contribution in [-0.4, -0.2) is 63.4 Å². The van der Waals surface area contributed by atoms with Crippen LogP contribution in [0.3, 0.4) is 0 Å². The average molecular weight is 523 g/mol. The fraction of sp³-hybridized carbons (Fsp3) is 0.423. The maximum atomic E-state index is 13.4. The van der Waals surface area contributed by atoms with Crippen molar-refractivity contribution in [3.05, 3.63) is 51.4 Å². The third kappa shape index (κ3) is 5.14. The number of piperidine rings is 1. The van der Waals surface area contributed by atoms with E-state index in [-0.39, 0.29) is 28.7 Å². The molecule has 4 heterocycles. The van der Waals surface area contributed by atoms with E-state index in [1.807, 2.05) is 6.07 Å². The van der Waals surface area contributed by atoms with Crippen LogP contribution in [0, 0.1) is 5.92 Å². The largest absolute Gasteiger partial charge is 0.358 e. The normalized spacial score (nSPS) is 19.0. The van der Waals surface area contributed by atoms with Crippen molar-refractivity contribution in [1.82, 2.24) is 24.9 Å². The first-order valence-electron chi connectivity index (χ1n) is 12.3. The SMILES string of the molecule is C[C@H]1CC[C@H](c2ccc3sc(C[C@H](C)N(C)C)nc3c2)N(C(=O)C(=O)Nc2cnc3o[nH]c(=O)c3c2)C1. The molecule has 0 spiro atoms. The molecular formula is C26H30N6O4S. The lowest BCUT2D eigenvalue weighted by Crippen LogP contribution is -2.46. The molecule has 1 saturated heterocycles. The average Bonchev–Trinajstić information content (AvgIpc) is 3.45. The minimum atomic E-state index is -0.769. The zero-order chi connectivity index (χ0) is 26.3. The van der Waals surface area contributed by atoms with Gasteiger partial charge in [-0.15, -0.1) is 11.3 Å². The molecule has 5 rings (SSSR count). The molecule has 0 radical (unpaired) electrons. The van der Waals surface area contributed by atoms with E-state index in [1.54, 1.807) is 16.2 Å². The van der Waals surface area contributed by atoms with Crippen molar-refractivity contribution in [3.63, 3.8) is 0 Å². The number of aromatic nitrogens is 3. The van der Waals surface area contributed by atoms with E-state index in [4.69, 9.17) is 9.51 Å². The maximum Gasteiger partial charge on any atom is 0.313 e. The number of aromatic amines is 1. The van der Waals surface area contributed by atoms with Crippen LogP contribution in [0.15, 0.2) is 39.8 Å². The molecule has 11 heteroatoms. The number of carbonyl (C=O) groups is 2. The Kier molecular flexibility index (Phi) is 6.82. The molecule has 1 aliphatic rings.